The van der Waals surface area contributed by atoms with Gasteiger partial charge in [0, 0.05) is 63.7 Å². The van der Waals surface area contributed by atoms with Gasteiger partial charge in [-0.3, -0.25) is 14.5 Å². The first-order chi connectivity index (χ1) is 17.2. The number of unbranched alkanes of at least 4 members (excludes halogenated alkanes) is 1. The van der Waals surface area contributed by atoms with E-state index >= 15 is 0 Å². The Bertz CT molecular complexity index is 838. The van der Waals surface area contributed by atoms with Crippen LogP contribution in [0.25, 0.3) is 6.08 Å². The zero-order chi connectivity index (χ0) is 26.6. The average Bonchev–Trinajstić information content (AvgIpc) is 2.85. The number of benzene rings is 1. The molecule has 2 rings (SSSR count). The summed E-state index contributed by atoms with van der Waals surface area (Å²) in [6.07, 6.45) is 8.78. The van der Waals surface area contributed by atoms with Gasteiger partial charge in [0.2, 0.25) is 11.8 Å². The standard InChI is InChI=1S/C30H49N3O3/c1-7-9-13-25(8-2)29(35)33-22-19-31(20-23-33)18-21-32(28(34)24-30(3,4)5)17-12-15-26-14-10-11-16-27(26)36-6/h10-12,14-16,25H,7-9,13,17-24H2,1-6H3/b15-12+. The Kier molecular flexibility index (Phi) is 12.5. The van der Waals surface area contributed by atoms with E-state index in [9.17, 15) is 9.59 Å². The highest BCUT2D eigenvalue weighted by molar-refractivity contribution is 5.79. The van der Waals surface area contributed by atoms with Gasteiger partial charge in [-0.2, -0.15) is 0 Å². The molecule has 0 saturated carbocycles. The Morgan fingerprint density at radius 2 is 1.81 bits per heavy atom. The number of carbonyl (C=O) groups is 2. The molecule has 0 radical (unpaired) electrons. The highest BCUT2D eigenvalue weighted by atomic mass is 16.5. The van der Waals surface area contributed by atoms with E-state index in [1.165, 1.54) is 0 Å². The Balaban J connectivity index is 1.93. The smallest absolute Gasteiger partial charge is 0.225 e. The summed E-state index contributed by atoms with van der Waals surface area (Å²) in [5.41, 5.74) is 0.953. The summed E-state index contributed by atoms with van der Waals surface area (Å²) in [6.45, 7) is 16.0. The molecule has 1 aromatic rings. The van der Waals surface area contributed by atoms with Crippen molar-refractivity contribution in [2.24, 2.45) is 11.3 Å². The number of rotatable bonds is 13. The number of hydrogen-bond acceptors (Lipinski definition) is 4. The highest BCUT2D eigenvalue weighted by Gasteiger charge is 2.27. The van der Waals surface area contributed by atoms with Gasteiger partial charge in [0.1, 0.15) is 5.75 Å². The van der Waals surface area contributed by atoms with Gasteiger partial charge in [0.05, 0.1) is 7.11 Å². The lowest BCUT2D eigenvalue weighted by molar-refractivity contribution is -0.137. The van der Waals surface area contributed by atoms with E-state index in [-0.39, 0.29) is 17.2 Å². The van der Waals surface area contributed by atoms with E-state index in [4.69, 9.17) is 4.74 Å². The van der Waals surface area contributed by atoms with Crippen LogP contribution in [0.3, 0.4) is 0 Å². The molecule has 1 aromatic carbocycles. The molecule has 1 saturated heterocycles. The third kappa shape index (κ3) is 9.96. The molecular weight excluding hydrogens is 450 g/mol. The van der Waals surface area contributed by atoms with Gasteiger partial charge in [-0.1, -0.05) is 77.8 Å². The summed E-state index contributed by atoms with van der Waals surface area (Å²) in [4.78, 5) is 32.5. The minimum Gasteiger partial charge on any atom is -0.496 e. The predicted molar refractivity (Wildman–Crippen MR) is 149 cm³/mol. The van der Waals surface area contributed by atoms with E-state index in [1.54, 1.807) is 7.11 Å². The normalized spacial score (nSPS) is 15.8. The van der Waals surface area contributed by atoms with E-state index in [1.807, 2.05) is 35.2 Å². The van der Waals surface area contributed by atoms with E-state index in [0.717, 1.165) is 69.7 Å². The maximum Gasteiger partial charge on any atom is 0.225 e. The molecule has 1 fully saturated rings. The third-order valence-electron chi connectivity index (χ3n) is 6.91. The van der Waals surface area contributed by atoms with Crippen LogP contribution in [0.15, 0.2) is 30.3 Å². The first kappa shape index (κ1) is 29.9. The summed E-state index contributed by atoms with van der Waals surface area (Å²) >= 11 is 0. The zero-order valence-corrected chi connectivity index (χ0v) is 23.6. The highest BCUT2D eigenvalue weighted by Crippen LogP contribution is 2.21. The Labute approximate surface area is 219 Å². The molecule has 1 heterocycles. The van der Waals surface area contributed by atoms with Crippen LogP contribution in [0.1, 0.15) is 72.3 Å². The second kappa shape index (κ2) is 15.0. The first-order valence-corrected chi connectivity index (χ1v) is 13.8. The number of hydrogen-bond donors (Lipinski definition) is 0. The fraction of sp³-hybridized carbons (Fsp3) is 0.667. The minimum atomic E-state index is -0.0543. The van der Waals surface area contributed by atoms with Crippen molar-refractivity contribution in [1.82, 2.24) is 14.7 Å². The zero-order valence-electron chi connectivity index (χ0n) is 23.6. The Morgan fingerprint density at radius 3 is 2.42 bits per heavy atom. The summed E-state index contributed by atoms with van der Waals surface area (Å²) in [7, 11) is 1.67. The maximum absolute atomic E-state index is 13.1. The Morgan fingerprint density at radius 1 is 1.11 bits per heavy atom. The van der Waals surface area contributed by atoms with Gasteiger partial charge in [-0.25, -0.2) is 0 Å². The lowest BCUT2D eigenvalue weighted by Gasteiger charge is -2.37. The Hall–Kier alpha value is -2.34. The molecule has 36 heavy (non-hydrogen) atoms. The van der Waals surface area contributed by atoms with E-state index < -0.39 is 0 Å². The van der Waals surface area contributed by atoms with Crippen molar-refractivity contribution >= 4 is 17.9 Å². The minimum absolute atomic E-state index is 0.0543. The van der Waals surface area contributed by atoms with Gasteiger partial charge in [-0.15, -0.1) is 0 Å². The number of carbonyl (C=O) groups excluding carboxylic acids is 2. The molecule has 1 unspecified atom stereocenters. The topological polar surface area (TPSA) is 53.1 Å². The molecule has 2 amide bonds. The monoisotopic (exact) mass is 499 g/mol. The predicted octanol–water partition coefficient (Wildman–Crippen LogP) is 5.33. The third-order valence-corrected chi connectivity index (χ3v) is 6.91. The lowest BCUT2D eigenvalue weighted by atomic mass is 9.91. The van der Waals surface area contributed by atoms with Crippen molar-refractivity contribution in [3.63, 3.8) is 0 Å². The van der Waals surface area contributed by atoms with Gasteiger partial charge in [-0.05, 0) is 24.3 Å². The van der Waals surface area contributed by atoms with Crippen molar-refractivity contribution in [1.29, 1.82) is 0 Å². The van der Waals surface area contributed by atoms with E-state index in [2.05, 4.69) is 50.5 Å². The molecule has 0 aliphatic carbocycles. The molecule has 0 bridgehead atoms. The molecule has 202 valence electrons. The molecule has 1 aliphatic rings. The van der Waals surface area contributed by atoms with Crippen molar-refractivity contribution in [2.45, 2.75) is 66.7 Å². The lowest BCUT2D eigenvalue weighted by Crippen LogP contribution is -2.52. The summed E-state index contributed by atoms with van der Waals surface area (Å²) in [5, 5.41) is 0. The maximum atomic E-state index is 13.1. The number of nitrogens with zero attached hydrogens (tertiary/aromatic N) is 3. The number of piperazine rings is 1. The van der Waals surface area contributed by atoms with Crippen molar-refractivity contribution in [3.8, 4) is 5.75 Å². The molecular formula is C30H49N3O3. The van der Waals surface area contributed by atoms with Crippen LogP contribution < -0.4 is 4.74 Å². The second-order valence-corrected chi connectivity index (χ2v) is 11.1. The van der Waals surface area contributed by atoms with Crippen LogP contribution in [0, 0.1) is 11.3 Å². The second-order valence-electron chi connectivity index (χ2n) is 11.1. The van der Waals surface area contributed by atoms with Gasteiger partial charge >= 0.3 is 0 Å². The van der Waals surface area contributed by atoms with Crippen LogP contribution in [0.2, 0.25) is 0 Å². The van der Waals surface area contributed by atoms with Crippen LogP contribution in [0.5, 0.6) is 5.75 Å². The van der Waals surface area contributed by atoms with Gasteiger partial charge in [0.25, 0.3) is 0 Å². The van der Waals surface area contributed by atoms with Gasteiger partial charge in [0.15, 0.2) is 0 Å². The van der Waals surface area contributed by atoms with Crippen LogP contribution in [0.4, 0.5) is 0 Å². The van der Waals surface area contributed by atoms with Crippen LogP contribution >= 0.6 is 0 Å². The number of methoxy groups -OCH3 is 1. The molecule has 0 aromatic heterocycles. The number of ether oxygens (including phenoxy) is 1. The summed E-state index contributed by atoms with van der Waals surface area (Å²) < 4.78 is 5.44. The van der Waals surface area contributed by atoms with Crippen molar-refractivity contribution < 1.29 is 14.3 Å². The number of amides is 2. The van der Waals surface area contributed by atoms with Crippen LogP contribution in [-0.2, 0) is 9.59 Å². The first-order valence-electron chi connectivity index (χ1n) is 13.8. The molecule has 1 atom stereocenters. The quantitative estimate of drug-likeness (QED) is 0.368. The largest absolute Gasteiger partial charge is 0.496 e. The van der Waals surface area contributed by atoms with E-state index in [0.29, 0.717) is 25.4 Å². The molecule has 0 spiro atoms. The molecule has 0 N–H and O–H groups in total. The SMILES string of the molecule is CCCCC(CC)C(=O)N1CCN(CCN(C/C=C/c2ccccc2OC)C(=O)CC(C)(C)C)CC1. The summed E-state index contributed by atoms with van der Waals surface area (Å²) in [6, 6.07) is 7.90. The fourth-order valence-corrected chi connectivity index (χ4v) is 4.66. The number of para-hydroxylation sites is 1. The van der Waals surface area contributed by atoms with Crippen molar-refractivity contribution in [3.05, 3.63) is 35.9 Å². The molecule has 1 aliphatic heterocycles. The van der Waals surface area contributed by atoms with Gasteiger partial charge < -0.3 is 14.5 Å². The summed E-state index contributed by atoms with van der Waals surface area (Å²) in [5.74, 6) is 1.50. The van der Waals surface area contributed by atoms with Crippen molar-refractivity contribution in [2.75, 3.05) is 52.9 Å². The van der Waals surface area contributed by atoms with Crippen LogP contribution in [-0.4, -0.2) is 79.4 Å². The molecule has 6 nitrogen and oxygen atoms in total. The molecule has 6 heteroatoms. The average molecular weight is 500 g/mol. The fourth-order valence-electron chi connectivity index (χ4n) is 4.66.